The number of allylic oxidation sites excluding steroid dienone is 1. The van der Waals surface area contributed by atoms with Crippen LogP contribution >= 0.6 is 34.4 Å². The fourth-order valence-corrected chi connectivity index (χ4v) is 5.96. The van der Waals surface area contributed by atoms with Crippen molar-refractivity contribution < 1.29 is 4.79 Å². The van der Waals surface area contributed by atoms with Crippen molar-refractivity contribution in [1.29, 1.82) is 0 Å². The lowest BCUT2D eigenvalue weighted by Gasteiger charge is -2.13. The van der Waals surface area contributed by atoms with Gasteiger partial charge in [0.15, 0.2) is 10.3 Å². The molecule has 0 saturated heterocycles. The molecule has 0 spiro atoms. The standard InChI is InChI=1S/C19H20N4O2S3/c1-11(2)9-23-17(25)15-12-5-3-4-6-13(12)28-16(15)22-19(23)27-10-14(24)21-18-20-7-8-26-18/h7-8H,1,3-6,9-10H2,2H3,(H,20,21,24). The summed E-state index contributed by atoms with van der Waals surface area (Å²) in [7, 11) is 0. The van der Waals surface area contributed by atoms with Gasteiger partial charge >= 0.3 is 0 Å². The van der Waals surface area contributed by atoms with Crippen molar-refractivity contribution in [3.63, 3.8) is 0 Å². The first-order valence-electron chi connectivity index (χ1n) is 9.04. The van der Waals surface area contributed by atoms with Crippen LogP contribution in [0.25, 0.3) is 10.2 Å². The van der Waals surface area contributed by atoms with Crippen molar-refractivity contribution in [1.82, 2.24) is 14.5 Å². The number of aromatic nitrogens is 3. The van der Waals surface area contributed by atoms with Gasteiger partial charge in [-0.1, -0.05) is 23.9 Å². The number of nitrogens with one attached hydrogen (secondary N) is 1. The molecule has 0 aromatic carbocycles. The van der Waals surface area contributed by atoms with E-state index in [-0.39, 0.29) is 17.2 Å². The Morgan fingerprint density at radius 1 is 1.39 bits per heavy atom. The van der Waals surface area contributed by atoms with Gasteiger partial charge in [0.2, 0.25) is 5.91 Å². The topological polar surface area (TPSA) is 76.9 Å². The molecule has 0 bridgehead atoms. The minimum Gasteiger partial charge on any atom is -0.301 e. The number of thiazole rings is 1. The lowest BCUT2D eigenvalue weighted by molar-refractivity contribution is -0.113. The minimum absolute atomic E-state index is 0.0183. The van der Waals surface area contributed by atoms with Gasteiger partial charge in [0.1, 0.15) is 4.83 Å². The average Bonchev–Trinajstić information content (AvgIpc) is 3.29. The summed E-state index contributed by atoms with van der Waals surface area (Å²) in [6, 6.07) is 0. The Labute approximate surface area is 174 Å². The number of aryl methyl sites for hydroxylation is 2. The summed E-state index contributed by atoms with van der Waals surface area (Å²) in [6.45, 7) is 6.25. The Kier molecular flexibility index (Phi) is 5.65. The van der Waals surface area contributed by atoms with Gasteiger partial charge in [0.25, 0.3) is 5.56 Å². The van der Waals surface area contributed by atoms with Gasteiger partial charge in [-0.2, -0.15) is 0 Å². The van der Waals surface area contributed by atoms with Gasteiger partial charge in [-0.15, -0.1) is 22.7 Å². The van der Waals surface area contributed by atoms with E-state index < -0.39 is 0 Å². The number of thioether (sulfide) groups is 1. The number of hydrogen-bond acceptors (Lipinski definition) is 7. The number of anilines is 1. The van der Waals surface area contributed by atoms with Crippen molar-refractivity contribution in [2.45, 2.75) is 44.3 Å². The number of carbonyl (C=O) groups excluding carboxylic acids is 1. The molecule has 1 N–H and O–H groups in total. The summed E-state index contributed by atoms with van der Waals surface area (Å²) in [5, 5.41) is 6.46. The van der Waals surface area contributed by atoms with Crippen molar-refractivity contribution in [2.75, 3.05) is 11.1 Å². The molecule has 6 nitrogen and oxygen atoms in total. The third kappa shape index (κ3) is 3.92. The molecular weight excluding hydrogens is 412 g/mol. The van der Waals surface area contributed by atoms with Crippen molar-refractivity contribution in [2.24, 2.45) is 0 Å². The number of fused-ring (bicyclic) bond motifs is 3. The fourth-order valence-electron chi connectivity index (χ4n) is 3.31. The van der Waals surface area contributed by atoms with Crippen LogP contribution < -0.4 is 10.9 Å². The molecule has 0 atom stereocenters. The zero-order valence-electron chi connectivity index (χ0n) is 15.5. The van der Waals surface area contributed by atoms with E-state index in [0.717, 1.165) is 41.5 Å². The fraction of sp³-hybridized carbons (Fsp3) is 0.368. The van der Waals surface area contributed by atoms with Crippen LogP contribution in [-0.4, -0.2) is 26.2 Å². The highest BCUT2D eigenvalue weighted by molar-refractivity contribution is 7.99. The second-order valence-corrected chi connectivity index (χ2v) is 9.73. The van der Waals surface area contributed by atoms with E-state index >= 15 is 0 Å². The van der Waals surface area contributed by atoms with Gasteiger partial charge in [-0.25, -0.2) is 9.97 Å². The van der Waals surface area contributed by atoms with Crippen LogP contribution in [0.4, 0.5) is 5.13 Å². The molecule has 0 unspecified atom stereocenters. The maximum atomic E-state index is 13.3. The number of amides is 1. The molecule has 9 heteroatoms. The summed E-state index contributed by atoms with van der Waals surface area (Å²) in [5.41, 5.74) is 2.04. The van der Waals surface area contributed by atoms with E-state index in [1.807, 2.05) is 6.92 Å². The lowest BCUT2D eigenvalue weighted by Crippen LogP contribution is -2.25. The highest BCUT2D eigenvalue weighted by Gasteiger charge is 2.22. The summed E-state index contributed by atoms with van der Waals surface area (Å²) in [4.78, 5) is 36.4. The summed E-state index contributed by atoms with van der Waals surface area (Å²) < 4.78 is 1.66. The molecule has 3 heterocycles. The molecule has 1 amide bonds. The molecule has 1 aliphatic rings. The average molecular weight is 433 g/mol. The second-order valence-electron chi connectivity index (χ2n) is 6.81. The maximum absolute atomic E-state index is 13.3. The Morgan fingerprint density at radius 3 is 2.96 bits per heavy atom. The lowest BCUT2D eigenvalue weighted by atomic mass is 9.97. The molecule has 4 rings (SSSR count). The van der Waals surface area contributed by atoms with E-state index in [9.17, 15) is 9.59 Å². The largest absolute Gasteiger partial charge is 0.301 e. The number of hydrogen-bond donors (Lipinski definition) is 1. The van der Waals surface area contributed by atoms with Crippen molar-refractivity contribution >= 4 is 55.7 Å². The van der Waals surface area contributed by atoms with Crippen LogP contribution in [0.1, 0.15) is 30.2 Å². The van der Waals surface area contributed by atoms with Gasteiger partial charge in [0, 0.05) is 23.0 Å². The predicted octanol–water partition coefficient (Wildman–Crippen LogP) is 4.10. The minimum atomic E-state index is -0.165. The first kappa shape index (κ1) is 19.4. The molecular formula is C19H20N4O2S3. The first-order valence-corrected chi connectivity index (χ1v) is 11.7. The van der Waals surface area contributed by atoms with E-state index in [4.69, 9.17) is 4.98 Å². The van der Waals surface area contributed by atoms with Crippen molar-refractivity contribution in [3.05, 3.63) is 44.5 Å². The maximum Gasteiger partial charge on any atom is 0.263 e. The smallest absolute Gasteiger partial charge is 0.263 e. The molecule has 0 aliphatic heterocycles. The number of nitrogens with zero attached hydrogens (tertiary/aromatic N) is 3. The van der Waals surface area contributed by atoms with Gasteiger partial charge in [-0.05, 0) is 38.2 Å². The third-order valence-electron chi connectivity index (χ3n) is 4.48. The van der Waals surface area contributed by atoms with E-state index in [2.05, 4.69) is 16.9 Å². The molecule has 0 fully saturated rings. The van der Waals surface area contributed by atoms with Crippen LogP contribution in [0.2, 0.25) is 0 Å². The van der Waals surface area contributed by atoms with Crippen LogP contribution in [0.5, 0.6) is 0 Å². The monoisotopic (exact) mass is 432 g/mol. The molecule has 3 aromatic rings. The summed E-state index contributed by atoms with van der Waals surface area (Å²) >= 11 is 4.27. The van der Waals surface area contributed by atoms with Crippen LogP contribution in [0.3, 0.4) is 0 Å². The molecule has 0 saturated carbocycles. The van der Waals surface area contributed by atoms with Gasteiger partial charge in [0.05, 0.1) is 11.1 Å². The van der Waals surface area contributed by atoms with E-state index in [1.54, 1.807) is 27.5 Å². The Hall–Kier alpha value is -1.97. The van der Waals surface area contributed by atoms with Crippen LogP contribution in [-0.2, 0) is 24.2 Å². The molecule has 28 heavy (non-hydrogen) atoms. The quantitative estimate of drug-likeness (QED) is 0.360. The highest BCUT2D eigenvalue weighted by Crippen LogP contribution is 2.34. The van der Waals surface area contributed by atoms with Gasteiger partial charge < -0.3 is 5.32 Å². The number of carbonyl (C=O) groups is 1. The number of rotatable bonds is 6. The molecule has 3 aromatic heterocycles. The van der Waals surface area contributed by atoms with Crippen molar-refractivity contribution in [3.8, 4) is 0 Å². The van der Waals surface area contributed by atoms with Crippen LogP contribution in [0.15, 0.2) is 33.7 Å². The Balaban J connectivity index is 1.67. The third-order valence-corrected chi connectivity index (χ3v) is 7.33. The van der Waals surface area contributed by atoms with E-state index in [0.29, 0.717) is 16.8 Å². The van der Waals surface area contributed by atoms with Crippen LogP contribution in [0, 0.1) is 0 Å². The van der Waals surface area contributed by atoms with Gasteiger partial charge in [-0.3, -0.25) is 14.2 Å². The highest BCUT2D eigenvalue weighted by atomic mass is 32.2. The first-order chi connectivity index (χ1) is 13.5. The number of thiophene rings is 1. The summed E-state index contributed by atoms with van der Waals surface area (Å²) in [6.07, 6.45) is 5.90. The molecule has 146 valence electrons. The van der Waals surface area contributed by atoms with E-state index in [1.165, 1.54) is 33.5 Å². The molecule has 0 radical (unpaired) electrons. The summed E-state index contributed by atoms with van der Waals surface area (Å²) in [5.74, 6) is 0.000339. The zero-order chi connectivity index (χ0) is 19.7. The molecule has 1 aliphatic carbocycles. The second kappa shape index (κ2) is 8.18. The predicted molar refractivity (Wildman–Crippen MR) is 117 cm³/mol. The zero-order valence-corrected chi connectivity index (χ0v) is 17.9. The normalized spacial score (nSPS) is 13.5. The SMILES string of the molecule is C=C(C)Cn1c(SCC(=O)Nc2nccs2)nc2sc3c(c2c1=O)CCCC3. The Morgan fingerprint density at radius 2 is 2.21 bits per heavy atom. The Bertz CT molecular complexity index is 1100.